The van der Waals surface area contributed by atoms with E-state index < -0.39 is 6.61 Å². The molecule has 0 radical (unpaired) electrons. The molecule has 2 aromatic carbocycles. The zero-order valence-electron chi connectivity index (χ0n) is 20.4. The van der Waals surface area contributed by atoms with E-state index >= 15 is 0 Å². The number of anilines is 6. The monoisotopic (exact) mass is 535 g/mol. The Morgan fingerprint density at radius 3 is 2.55 bits per heavy atom. The molecule has 2 heterocycles. The first-order chi connectivity index (χ1) is 18.4. The smallest absolute Gasteiger partial charge is 0.248 e. The van der Waals surface area contributed by atoms with Crippen LogP contribution in [0.15, 0.2) is 61.3 Å². The Balaban J connectivity index is 1.47. The predicted octanol–water partition coefficient (Wildman–Crippen LogP) is 3.20. The minimum absolute atomic E-state index is 0.222. The van der Waals surface area contributed by atoms with Gasteiger partial charge in [-0.3, -0.25) is 14.4 Å². The summed E-state index contributed by atoms with van der Waals surface area (Å²) in [5.41, 5.74) is 2.98. The van der Waals surface area contributed by atoms with Crippen molar-refractivity contribution in [1.29, 1.82) is 0 Å². The lowest BCUT2D eigenvalue weighted by Crippen LogP contribution is -2.49. The fourth-order valence-corrected chi connectivity index (χ4v) is 4.05. The number of hydrogen-bond acceptors (Lipinski definition) is 9. The van der Waals surface area contributed by atoms with Crippen molar-refractivity contribution >= 4 is 64.2 Å². The molecule has 38 heavy (non-hydrogen) atoms. The summed E-state index contributed by atoms with van der Waals surface area (Å²) < 4.78 is 0. The first-order valence-corrected chi connectivity index (χ1v) is 12.1. The maximum Gasteiger partial charge on any atom is 0.248 e. The molecule has 0 atom stereocenters. The average Bonchev–Trinajstić information content (AvgIpc) is 2.94. The third-order valence-electron chi connectivity index (χ3n) is 5.86. The summed E-state index contributed by atoms with van der Waals surface area (Å²) in [6.07, 6.45) is 3.36. The third kappa shape index (κ3) is 6.44. The normalized spacial score (nSPS) is 13.0. The van der Waals surface area contributed by atoms with Crippen molar-refractivity contribution in [2.24, 2.45) is 0 Å². The lowest BCUT2D eigenvalue weighted by Gasteiger charge is -2.36. The van der Waals surface area contributed by atoms with Gasteiger partial charge in [0.25, 0.3) is 0 Å². The summed E-state index contributed by atoms with van der Waals surface area (Å²) in [7, 11) is 0. The van der Waals surface area contributed by atoms with E-state index in [4.69, 9.17) is 16.7 Å². The lowest BCUT2D eigenvalue weighted by molar-refractivity contribution is -0.134. The summed E-state index contributed by atoms with van der Waals surface area (Å²) in [6, 6.07) is 12.4. The molecule has 196 valence electrons. The van der Waals surface area contributed by atoms with Gasteiger partial charge in [-0.25, -0.2) is 4.98 Å². The van der Waals surface area contributed by atoms with Crippen molar-refractivity contribution in [3.05, 3.63) is 71.9 Å². The second-order valence-electron chi connectivity index (χ2n) is 8.33. The summed E-state index contributed by atoms with van der Waals surface area (Å²) >= 11 is 6.30. The van der Waals surface area contributed by atoms with E-state index in [-0.39, 0.29) is 22.8 Å². The molecule has 1 aliphatic rings. The van der Waals surface area contributed by atoms with Gasteiger partial charge in [-0.2, -0.15) is 4.98 Å². The Bertz CT molecular complexity index is 1360. The van der Waals surface area contributed by atoms with E-state index in [9.17, 15) is 14.4 Å². The Kier molecular flexibility index (Phi) is 8.51. The van der Waals surface area contributed by atoms with E-state index in [1.165, 1.54) is 12.3 Å². The Morgan fingerprint density at radius 2 is 1.84 bits per heavy atom. The van der Waals surface area contributed by atoms with Gasteiger partial charge in [0, 0.05) is 48.8 Å². The maximum atomic E-state index is 11.9. The number of carbonyl (C=O) groups is 3. The number of carbonyl (C=O) groups excluding carboxylic acids is 3. The van der Waals surface area contributed by atoms with Crippen LogP contribution in [-0.2, 0) is 9.59 Å². The number of aldehydes is 1. The molecule has 0 bridgehead atoms. The van der Waals surface area contributed by atoms with E-state index in [0.717, 1.165) is 12.0 Å². The van der Waals surface area contributed by atoms with E-state index in [1.54, 1.807) is 41.3 Å². The first kappa shape index (κ1) is 26.6. The maximum absolute atomic E-state index is 11.9. The number of benzene rings is 2. The molecule has 12 heteroatoms. The molecule has 0 unspecified atom stereocenters. The average molecular weight is 536 g/mol. The number of aliphatic hydroxyl groups is 1. The van der Waals surface area contributed by atoms with Crippen LogP contribution >= 0.6 is 11.6 Å². The Morgan fingerprint density at radius 1 is 1.08 bits per heavy atom. The highest BCUT2D eigenvalue weighted by Crippen LogP contribution is 2.28. The van der Waals surface area contributed by atoms with Crippen LogP contribution in [0.1, 0.15) is 10.4 Å². The van der Waals surface area contributed by atoms with Crippen molar-refractivity contribution in [3.8, 4) is 0 Å². The summed E-state index contributed by atoms with van der Waals surface area (Å²) in [4.78, 5) is 47.5. The van der Waals surface area contributed by atoms with Gasteiger partial charge in [0.2, 0.25) is 17.8 Å². The van der Waals surface area contributed by atoms with Crippen LogP contribution in [0, 0.1) is 0 Å². The number of aliphatic hydroxyl groups excluding tert-OH is 1. The molecule has 1 aromatic heterocycles. The van der Waals surface area contributed by atoms with Crippen LogP contribution in [0.5, 0.6) is 0 Å². The highest BCUT2D eigenvalue weighted by atomic mass is 35.5. The van der Waals surface area contributed by atoms with Crippen LogP contribution in [0.4, 0.5) is 34.5 Å². The number of piperazine rings is 1. The number of aromatic nitrogens is 2. The van der Waals surface area contributed by atoms with Crippen LogP contribution in [0.25, 0.3) is 0 Å². The van der Waals surface area contributed by atoms with Crippen molar-refractivity contribution < 1.29 is 19.5 Å². The molecule has 4 N–H and O–H groups in total. The number of nitrogens with one attached hydrogen (secondary N) is 3. The number of halogens is 1. The zero-order valence-corrected chi connectivity index (χ0v) is 21.1. The number of nitrogens with zero attached hydrogens (tertiary/aromatic N) is 4. The number of hydrogen-bond donors (Lipinski definition) is 4. The molecule has 1 fully saturated rings. The standard InChI is InChI=1S/C26H26ClN7O4/c1-2-23(37)29-18-4-3-5-19(13-18)30-25-21(27)14-28-26(32-25)31-22-7-6-20(12-17(22)15-35)33-8-10-34(11-9-33)24(38)16-36/h2-7,12-15,36H,1,8-11,16H2,(H,29,37)(H2,28,30,31,32). The molecule has 0 aliphatic carbocycles. The van der Waals surface area contributed by atoms with Crippen LogP contribution in [-0.4, -0.2) is 70.9 Å². The van der Waals surface area contributed by atoms with Crippen molar-refractivity contribution in [2.75, 3.05) is 53.6 Å². The molecule has 0 spiro atoms. The summed E-state index contributed by atoms with van der Waals surface area (Å²) in [5, 5.41) is 18.2. The highest BCUT2D eigenvalue weighted by molar-refractivity contribution is 6.32. The van der Waals surface area contributed by atoms with Gasteiger partial charge in [0.1, 0.15) is 11.6 Å². The first-order valence-electron chi connectivity index (χ1n) is 11.7. The number of rotatable bonds is 9. The molecule has 1 aliphatic heterocycles. The zero-order chi connectivity index (χ0) is 27.1. The Labute approximate surface area is 224 Å². The summed E-state index contributed by atoms with van der Waals surface area (Å²) in [6.45, 7) is 5.10. The van der Waals surface area contributed by atoms with E-state index in [2.05, 4.69) is 37.4 Å². The molecule has 11 nitrogen and oxygen atoms in total. The van der Waals surface area contributed by atoms with Crippen LogP contribution < -0.4 is 20.9 Å². The largest absolute Gasteiger partial charge is 0.387 e. The van der Waals surface area contributed by atoms with Crippen molar-refractivity contribution in [1.82, 2.24) is 14.9 Å². The van der Waals surface area contributed by atoms with Gasteiger partial charge in [-0.1, -0.05) is 24.2 Å². The molecule has 1 saturated heterocycles. The lowest BCUT2D eigenvalue weighted by atomic mass is 10.1. The van der Waals surface area contributed by atoms with Gasteiger partial charge >= 0.3 is 0 Å². The van der Waals surface area contributed by atoms with Gasteiger partial charge in [0.05, 0.1) is 11.9 Å². The Hall–Kier alpha value is -4.48. The summed E-state index contributed by atoms with van der Waals surface area (Å²) in [5.74, 6) is -0.0672. The van der Waals surface area contributed by atoms with Gasteiger partial charge in [0.15, 0.2) is 12.1 Å². The minimum Gasteiger partial charge on any atom is -0.387 e. The van der Waals surface area contributed by atoms with Crippen molar-refractivity contribution in [2.45, 2.75) is 0 Å². The topological polar surface area (TPSA) is 140 Å². The quantitative estimate of drug-likeness (QED) is 0.240. The highest BCUT2D eigenvalue weighted by Gasteiger charge is 2.21. The molecule has 0 saturated carbocycles. The van der Waals surface area contributed by atoms with Crippen molar-refractivity contribution in [3.63, 3.8) is 0 Å². The number of amides is 2. The van der Waals surface area contributed by atoms with Crippen LogP contribution in [0.3, 0.4) is 0 Å². The van der Waals surface area contributed by atoms with E-state index in [0.29, 0.717) is 54.6 Å². The van der Waals surface area contributed by atoms with Crippen LogP contribution in [0.2, 0.25) is 5.02 Å². The second kappa shape index (κ2) is 12.2. The third-order valence-corrected chi connectivity index (χ3v) is 6.14. The fraction of sp³-hybridized carbons (Fsp3) is 0.192. The van der Waals surface area contributed by atoms with Gasteiger partial charge in [-0.05, 0) is 42.5 Å². The SMILES string of the molecule is C=CC(=O)Nc1cccc(Nc2nc(Nc3ccc(N4CCN(C(=O)CO)CC4)cc3C=O)ncc2Cl)c1. The second-order valence-corrected chi connectivity index (χ2v) is 8.74. The van der Waals surface area contributed by atoms with E-state index in [1.807, 2.05) is 6.07 Å². The molecule has 4 rings (SSSR count). The molecule has 3 aromatic rings. The van der Waals surface area contributed by atoms with Gasteiger partial charge in [-0.15, -0.1) is 0 Å². The minimum atomic E-state index is -0.500. The molecule has 2 amide bonds. The van der Waals surface area contributed by atoms with Gasteiger partial charge < -0.3 is 30.9 Å². The molecular weight excluding hydrogens is 510 g/mol. The predicted molar refractivity (Wildman–Crippen MR) is 147 cm³/mol. The fourth-order valence-electron chi connectivity index (χ4n) is 3.91. The molecular formula is C26H26ClN7O4.